The highest BCUT2D eigenvalue weighted by atomic mass is 32.2. The Balaban J connectivity index is 2.95. The van der Waals surface area contributed by atoms with Crippen molar-refractivity contribution in [2.45, 2.75) is 19.1 Å². The van der Waals surface area contributed by atoms with Crippen LogP contribution in [0.2, 0.25) is 0 Å². The molecule has 1 rings (SSSR count). The van der Waals surface area contributed by atoms with Gasteiger partial charge in [-0.2, -0.15) is 0 Å². The number of ether oxygens (including phenoxy) is 1. The van der Waals surface area contributed by atoms with Crippen molar-refractivity contribution in [3.8, 4) is 0 Å². The standard InChI is InChI=1S/C12H15FO4S/c1-3-6-18(15,16)8-9-4-5-10(11(13)7-9)12(14)17-2/h4-5,7H,3,6,8H2,1-2H3. The zero-order valence-electron chi connectivity index (χ0n) is 10.3. The summed E-state index contributed by atoms with van der Waals surface area (Å²) < 4.78 is 41.1. The highest BCUT2D eigenvalue weighted by Crippen LogP contribution is 2.14. The number of methoxy groups -OCH3 is 1. The summed E-state index contributed by atoms with van der Waals surface area (Å²) in [5, 5.41) is 0. The molecule has 0 aliphatic rings. The van der Waals surface area contributed by atoms with Gasteiger partial charge in [0.25, 0.3) is 0 Å². The summed E-state index contributed by atoms with van der Waals surface area (Å²) in [5.74, 6) is -1.71. The van der Waals surface area contributed by atoms with Crippen molar-refractivity contribution >= 4 is 15.8 Å². The van der Waals surface area contributed by atoms with Crippen molar-refractivity contribution in [3.05, 3.63) is 35.1 Å². The number of hydrogen-bond donors (Lipinski definition) is 0. The molecule has 0 atom stereocenters. The highest BCUT2D eigenvalue weighted by Gasteiger charge is 2.15. The van der Waals surface area contributed by atoms with Crippen LogP contribution in [0.5, 0.6) is 0 Å². The smallest absolute Gasteiger partial charge is 0.340 e. The third kappa shape index (κ3) is 3.80. The average Bonchev–Trinajstić information content (AvgIpc) is 2.27. The fourth-order valence-electron chi connectivity index (χ4n) is 1.56. The first-order valence-electron chi connectivity index (χ1n) is 5.46. The van der Waals surface area contributed by atoms with Gasteiger partial charge in [-0.3, -0.25) is 0 Å². The minimum Gasteiger partial charge on any atom is -0.465 e. The molecule has 0 bridgehead atoms. The quantitative estimate of drug-likeness (QED) is 0.770. The molecule has 0 aliphatic carbocycles. The Bertz CT molecular complexity index is 537. The van der Waals surface area contributed by atoms with Crippen molar-refractivity contribution in [1.29, 1.82) is 0 Å². The zero-order chi connectivity index (χ0) is 13.8. The molecule has 1 aromatic carbocycles. The molecule has 1 aromatic rings. The van der Waals surface area contributed by atoms with E-state index in [1.54, 1.807) is 6.92 Å². The van der Waals surface area contributed by atoms with Crippen LogP contribution in [0.4, 0.5) is 4.39 Å². The molecule has 4 nitrogen and oxygen atoms in total. The third-order valence-corrected chi connectivity index (χ3v) is 4.14. The van der Waals surface area contributed by atoms with Crippen molar-refractivity contribution in [2.75, 3.05) is 12.9 Å². The molecule has 0 N–H and O–H groups in total. The van der Waals surface area contributed by atoms with Gasteiger partial charge in [-0.15, -0.1) is 0 Å². The molecule has 0 heterocycles. The maximum absolute atomic E-state index is 13.6. The number of halogens is 1. The van der Waals surface area contributed by atoms with E-state index in [9.17, 15) is 17.6 Å². The minimum atomic E-state index is -3.22. The van der Waals surface area contributed by atoms with E-state index in [0.29, 0.717) is 12.0 Å². The normalized spacial score (nSPS) is 11.3. The molecule has 0 radical (unpaired) electrons. The van der Waals surface area contributed by atoms with Gasteiger partial charge in [-0.05, 0) is 24.1 Å². The number of sulfone groups is 1. The summed E-state index contributed by atoms with van der Waals surface area (Å²) in [6.45, 7) is 1.76. The third-order valence-electron chi connectivity index (χ3n) is 2.34. The Labute approximate surface area is 106 Å². The fraction of sp³-hybridized carbons (Fsp3) is 0.417. The van der Waals surface area contributed by atoms with Gasteiger partial charge in [0.05, 0.1) is 24.2 Å². The Morgan fingerprint density at radius 1 is 1.39 bits per heavy atom. The molecule has 0 saturated carbocycles. The lowest BCUT2D eigenvalue weighted by molar-refractivity contribution is 0.0595. The topological polar surface area (TPSA) is 60.4 Å². The van der Waals surface area contributed by atoms with Gasteiger partial charge in [-0.25, -0.2) is 17.6 Å². The number of carbonyl (C=O) groups excluding carboxylic acids is 1. The molecular formula is C12H15FO4S. The Morgan fingerprint density at radius 3 is 2.56 bits per heavy atom. The van der Waals surface area contributed by atoms with E-state index in [4.69, 9.17) is 0 Å². The molecular weight excluding hydrogens is 259 g/mol. The summed E-state index contributed by atoms with van der Waals surface area (Å²) in [5.41, 5.74) is 0.128. The van der Waals surface area contributed by atoms with E-state index < -0.39 is 21.6 Å². The zero-order valence-corrected chi connectivity index (χ0v) is 11.1. The minimum absolute atomic E-state index is 0.0629. The van der Waals surface area contributed by atoms with Crippen LogP contribution in [0, 0.1) is 5.82 Å². The first-order valence-corrected chi connectivity index (χ1v) is 7.29. The predicted octanol–water partition coefficient (Wildman–Crippen LogP) is 1.94. The second-order valence-corrected chi connectivity index (χ2v) is 6.08. The lowest BCUT2D eigenvalue weighted by atomic mass is 10.1. The lowest BCUT2D eigenvalue weighted by Gasteiger charge is -2.05. The Morgan fingerprint density at radius 2 is 2.06 bits per heavy atom. The lowest BCUT2D eigenvalue weighted by Crippen LogP contribution is -2.10. The molecule has 0 aromatic heterocycles. The Hall–Kier alpha value is -1.43. The van der Waals surface area contributed by atoms with Crippen molar-refractivity contribution in [1.82, 2.24) is 0 Å². The van der Waals surface area contributed by atoms with Crippen LogP contribution in [0.3, 0.4) is 0 Å². The van der Waals surface area contributed by atoms with Crippen molar-refractivity contribution in [2.24, 2.45) is 0 Å². The molecule has 0 amide bonds. The van der Waals surface area contributed by atoms with E-state index in [1.165, 1.54) is 12.1 Å². The van der Waals surface area contributed by atoms with Gasteiger partial charge < -0.3 is 4.74 Å². The van der Waals surface area contributed by atoms with Gasteiger partial charge in [-0.1, -0.05) is 13.0 Å². The molecule has 0 fully saturated rings. The average molecular weight is 274 g/mol. The van der Waals surface area contributed by atoms with Crippen LogP contribution >= 0.6 is 0 Å². The van der Waals surface area contributed by atoms with Crippen molar-refractivity contribution in [3.63, 3.8) is 0 Å². The summed E-state index contributed by atoms with van der Waals surface area (Å²) in [6, 6.07) is 3.71. The van der Waals surface area contributed by atoms with Crippen LogP contribution in [-0.2, 0) is 20.3 Å². The number of benzene rings is 1. The highest BCUT2D eigenvalue weighted by molar-refractivity contribution is 7.90. The van der Waals surface area contributed by atoms with E-state index in [1.807, 2.05) is 0 Å². The van der Waals surface area contributed by atoms with Crippen molar-refractivity contribution < 1.29 is 22.3 Å². The molecule has 6 heteroatoms. The van der Waals surface area contributed by atoms with E-state index >= 15 is 0 Å². The maximum Gasteiger partial charge on any atom is 0.340 e. The van der Waals surface area contributed by atoms with Gasteiger partial charge in [0, 0.05) is 0 Å². The summed E-state index contributed by atoms with van der Waals surface area (Å²) >= 11 is 0. The van der Waals surface area contributed by atoms with Crippen LogP contribution in [0.25, 0.3) is 0 Å². The molecule has 0 saturated heterocycles. The predicted molar refractivity (Wildman–Crippen MR) is 65.5 cm³/mol. The molecule has 18 heavy (non-hydrogen) atoms. The van der Waals surface area contributed by atoms with E-state index in [2.05, 4.69) is 4.74 Å². The van der Waals surface area contributed by atoms with Gasteiger partial charge in [0.15, 0.2) is 9.84 Å². The molecule has 0 spiro atoms. The number of esters is 1. The number of hydrogen-bond acceptors (Lipinski definition) is 4. The first-order chi connectivity index (χ1) is 8.39. The second kappa shape index (κ2) is 5.95. The molecule has 100 valence electrons. The van der Waals surface area contributed by atoms with Gasteiger partial charge >= 0.3 is 5.97 Å². The molecule has 0 unspecified atom stereocenters. The van der Waals surface area contributed by atoms with Crippen LogP contribution in [0.15, 0.2) is 18.2 Å². The fourth-order valence-corrected chi connectivity index (χ4v) is 3.01. The van der Waals surface area contributed by atoms with Gasteiger partial charge in [0.1, 0.15) is 5.82 Å². The van der Waals surface area contributed by atoms with E-state index in [0.717, 1.165) is 13.2 Å². The SMILES string of the molecule is CCCS(=O)(=O)Cc1ccc(C(=O)OC)c(F)c1. The number of rotatable bonds is 5. The summed E-state index contributed by atoms with van der Waals surface area (Å²) in [6.07, 6.45) is 0.519. The summed E-state index contributed by atoms with van der Waals surface area (Å²) in [7, 11) is -2.07. The maximum atomic E-state index is 13.6. The van der Waals surface area contributed by atoms with Gasteiger partial charge in [0.2, 0.25) is 0 Å². The van der Waals surface area contributed by atoms with Crippen LogP contribution in [-0.4, -0.2) is 27.2 Å². The second-order valence-electron chi connectivity index (χ2n) is 3.90. The van der Waals surface area contributed by atoms with Crippen LogP contribution < -0.4 is 0 Å². The number of carbonyl (C=O) groups is 1. The largest absolute Gasteiger partial charge is 0.465 e. The first kappa shape index (κ1) is 14.6. The summed E-state index contributed by atoms with van der Waals surface area (Å²) in [4.78, 5) is 11.2. The molecule has 0 aliphatic heterocycles. The van der Waals surface area contributed by atoms with Crippen LogP contribution in [0.1, 0.15) is 29.3 Å². The Kier molecular flexibility index (Phi) is 4.84. The monoisotopic (exact) mass is 274 g/mol. The van der Waals surface area contributed by atoms with E-state index in [-0.39, 0.29) is 17.1 Å².